The molecule has 0 unspecified atom stereocenters. The van der Waals surface area contributed by atoms with Gasteiger partial charge in [-0.1, -0.05) is 0 Å². The highest BCUT2D eigenvalue weighted by molar-refractivity contribution is 5.79. The first kappa shape index (κ1) is 22.1. The van der Waals surface area contributed by atoms with E-state index in [2.05, 4.69) is 32.3 Å². The Bertz CT molecular complexity index is 614. The van der Waals surface area contributed by atoms with Crippen molar-refractivity contribution in [3.63, 3.8) is 0 Å². The molecule has 29 heavy (non-hydrogen) atoms. The van der Waals surface area contributed by atoms with Gasteiger partial charge < -0.3 is 19.8 Å². The summed E-state index contributed by atoms with van der Waals surface area (Å²) in [5.41, 5.74) is 1.00. The molecule has 164 valence electrons. The van der Waals surface area contributed by atoms with E-state index in [1.54, 1.807) is 0 Å². The van der Waals surface area contributed by atoms with Crippen LogP contribution in [0.15, 0.2) is 9.41 Å². The van der Waals surface area contributed by atoms with Crippen LogP contribution in [-0.2, 0) is 11.3 Å². The van der Waals surface area contributed by atoms with Crippen LogP contribution in [0.1, 0.15) is 37.1 Å². The molecule has 2 aliphatic heterocycles. The fraction of sp³-hybridized carbons (Fsp3) is 0.810. The Kier molecular flexibility index (Phi) is 8.76. The molecule has 0 saturated carbocycles. The first-order valence-electron chi connectivity index (χ1n) is 11.1. The van der Waals surface area contributed by atoms with Crippen molar-refractivity contribution in [2.24, 2.45) is 10.9 Å². The summed E-state index contributed by atoms with van der Waals surface area (Å²) in [6.07, 6.45) is 2.35. The lowest BCUT2D eigenvalue weighted by Crippen LogP contribution is -2.44. The largest absolute Gasteiger partial charge is 0.444 e. The van der Waals surface area contributed by atoms with E-state index >= 15 is 0 Å². The maximum atomic E-state index is 5.73. The van der Waals surface area contributed by atoms with E-state index < -0.39 is 0 Å². The molecule has 2 saturated heterocycles. The van der Waals surface area contributed by atoms with E-state index in [0.29, 0.717) is 5.92 Å². The highest BCUT2D eigenvalue weighted by Crippen LogP contribution is 2.20. The van der Waals surface area contributed by atoms with Gasteiger partial charge in [0, 0.05) is 39.3 Å². The number of nitrogens with zero attached hydrogens (tertiary/aromatic N) is 4. The topological polar surface area (TPSA) is 78.2 Å². The highest BCUT2D eigenvalue weighted by atomic mass is 16.5. The van der Waals surface area contributed by atoms with Crippen molar-refractivity contribution in [1.29, 1.82) is 0 Å². The fourth-order valence-electron chi connectivity index (χ4n) is 3.84. The summed E-state index contributed by atoms with van der Waals surface area (Å²) in [6.45, 7) is 16.6. The molecule has 0 atom stereocenters. The van der Waals surface area contributed by atoms with E-state index in [1.807, 2.05) is 13.8 Å². The van der Waals surface area contributed by atoms with Crippen LogP contribution in [-0.4, -0.2) is 86.3 Å². The molecule has 1 aromatic heterocycles. The zero-order chi connectivity index (χ0) is 20.5. The summed E-state index contributed by atoms with van der Waals surface area (Å²) >= 11 is 0. The number of hydrogen-bond donors (Lipinski definition) is 2. The Balaban J connectivity index is 1.37. The second-order valence-corrected chi connectivity index (χ2v) is 8.07. The molecule has 3 heterocycles. The van der Waals surface area contributed by atoms with Crippen molar-refractivity contribution in [1.82, 2.24) is 25.4 Å². The van der Waals surface area contributed by atoms with Crippen LogP contribution < -0.4 is 10.6 Å². The van der Waals surface area contributed by atoms with Gasteiger partial charge >= 0.3 is 0 Å². The fourth-order valence-corrected chi connectivity index (χ4v) is 3.84. The van der Waals surface area contributed by atoms with Gasteiger partial charge in [-0.25, -0.2) is 4.98 Å². The zero-order valence-electron chi connectivity index (χ0n) is 18.4. The van der Waals surface area contributed by atoms with Crippen LogP contribution in [0.4, 0.5) is 0 Å². The van der Waals surface area contributed by atoms with Gasteiger partial charge in [-0.15, -0.1) is 0 Å². The van der Waals surface area contributed by atoms with Gasteiger partial charge in [0.1, 0.15) is 5.76 Å². The molecule has 3 rings (SSSR count). The summed E-state index contributed by atoms with van der Waals surface area (Å²) in [5, 5.41) is 6.86. The lowest BCUT2D eigenvalue weighted by atomic mass is 9.97. The third kappa shape index (κ3) is 7.28. The molecule has 0 bridgehead atoms. The molecule has 0 aliphatic carbocycles. The monoisotopic (exact) mass is 406 g/mol. The number of hydrogen-bond acceptors (Lipinski definition) is 6. The van der Waals surface area contributed by atoms with Gasteiger partial charge in [-0.2, -0.15) is 0 Å². The minimum atomic E-state index is 0.647. The van der Waals surface area contributed by atoms with Crippen LogP contribution in [0.25, 0.3) is 0 Å². The van der Waals surface area contributed by atoms with E-state index in [4.69, 9.17) is 14.1 Å². The lowest BCUT2D eigenvalue weighted by molar-refractivity contribution is 0.0389. The first-order valence-corrected chi connectivity index (χ1v) is 11.1. The minimum absolute atomic E-state index is 0.647. The molecular formula is C21H38N6O2. The average Bonchev–Trinajstić information content (AvgIpc) is 3.05. The minimum Gasteiger partial charge on any atom is -0.444 e. The van der Waals surface area contributed by atoms with Gasteiger partial charge in [0.15, 0.2) is 5.96 Å². The molecule has 8 nitrogen and oxygen atoms in total. The normalized spacial score (nSPS) is 20.2. The van der Waals surface area contributed by atoms with Crippen molar-refractivity contribution < 1.29 is 9.15 Å². The smallest absolute Gasteiger partial charge is 0.208 e. The summed E-state index contributed by atoms with van der Waals surface area (Å²) in [7, 11) is 0. The third-order valence-electron chi connectivity index (χ3n) is 5.81. The van der Waals surface area contributed by atoms with Crippen molar-refractivity contribution in [2.45, 2.75) is 40.2 Å². The number of morpholine rings is 1. The number of guanidine groups is 1. The number of aliphatic imine (C=N–C) groups is 1. The van der Waals surface area contributed by atoms with Crippen LogP contribution in [0, 0.1) is 19.8 Å². The SMILES string of the molecule is CCNC(=NCC1CCN(Cc2nc(C)c(C)o2)CC1)NCCN1CCOCC1. The number of aromatic nitrogens is 1. The molecule has 2 N–H and O–H groups in total. The Morgan fingerprint density at radius 1 is 1.10 bits per heavy atom. The van der Waals surface area contributed by atoms with E-state index in [9.17, 15) is 0 Å². The number of rotatable bonds is 8. The standard InChI is InChI=1S/C21H38N6O2/c1-4-22-21(23-7-10-26-11-13-28-14-12-26)24-15-19-5-8-27(9-6-19)16-20-25-17(2)18(3)29-20/h19H,4-16H2,1-3H3,(H2,22,23,24). The molecule has 1 aromatic rings. The predicted molar refractivity (Wildman–Crippen MR) is 115 cm³/mol. The van der Waals surface area contributed by atoms with Gasteiger partial charge in [0.25, 0.3) is 0 Å². The first-order chi connectivity index (χ1) is 14.1. The lowest BCUT2D eigenvalue weighted by Gasteiger charge is -2.30. The van der Waals surface area contributed by atoms with E-state index in [-0.39, 0.29) is 0 Å². The average molecular weight is 407 g/mol. The zero-order valence-corrected chi connectivity index (χ0v) is 18.4. The van der Waals surface area contributed by atoms with Crippen molar-refractivity contribution in [3.05, 3.63) is 17.3 Å². The molecular weight excluding hydrogens is 368 g/mol. The summed E-state index contributed by atoms with van der Waals surface area (Å²) in [5.74, 6) is 3.36. The van der Waals surface area contributed by atoms with Gasteiger partial charge in [-0.3, -0.25) is 14.8 Å². The van der Waals surface area contributed by atoms with Crippen LogP contribution >= 0.6 is 0 Å². The Morgan fingerprint density at radius 2 is 1.86 bits per heavy atom. The van der Waals surface area contributed by atoms with Gasteiger partial charge in [0.2, 0.25) is 5.89 Å². The molecule has 0 amide bonds. The van der Waals surface area contributed by atoms with Crippen molar-refractivity contribution >= 4 is 5.96 Å². The second-order valence-electron chi connectivity index (χ2n) is 8.07. The van der Waals surface area contributed by atoms with E-state index in [1.165, 1.54) is 12.8 Å². The van der Waals surface area contributed by atoms with Gasteiger partial charge in [0.05, 0.1) is 25.5 Å². The molecule has 0 radical (unpaired) electrons. The third-order valence-corrected chi connectivity index (χ3v) is 5.81. The maximum Gasteiger partial charge on any atom is 0.208 e. The molecule has 2 aliphatic rings. The van der Waals surface area contributed by atoms with Gasteiger partial charge in [-0.05, 0) is 52.6 Å². The number of piperidine rings is 1. The Morgan fingerprint density at radius 3 is 2.52 bits per heavy atom. The number of likely N-dealkylation sites (tertiary alicyclic amines) is 1. The molecule has 0 spiro atoms. The second kappa shape index (κ2) is 11.5. The highest BCUT2D eigenvalue weighted by Gasteiger charge is 2.21. The van der Waals surface area contributed by atoms with Crippen LogP contribution in [0.2, 0.25) is 0 Å². The van der Waals surface area contributed by atoms with Crippen molar-refractivity contribution in [2.75, 3.05) is 65.6 Å². The molecule has 0 aromatic carbocycles. The molecule has 8 heteroatoms. The summed E-state index contributed by atoms with van der Waals surface area (Å²) in [6, 6.07) is 0. The number of aryl methyl sites for hydroxylation is 2. The van der Waals surface area contributed by atoms with Crippen LogP contribution in [0.3, 0.4) is 0 Å². The molecule has 2 fully saturated rings. The maximum absolute atomic E-state index is 5.73. The Hall–Kier alpha value is -1.64. The quantitative estimate of drug-likeness (QED) is 0.499. The number of oxazole rings is 1. The van der Waals surface area contributed by atoms with E-state index in [0.717, 1.165) is 95.4 Å². The van der Waals surface area contributed by atoms with Crippen molar-refractivity contribution in [3.8, 4) is 0 Å². The number of nitrogens with one attached hydrogen (secondary N) is 2. The number of ether oxygens (including phenoxy) is 1. The Labute approximate surface area is 175 Å². The predicted octanol–water partition coefficient (Wildman–Crippen LogP) is 1.39. The summed E-state index contributed by atoms with van der Waals surface area (Å²) in [4.78, 5) is 14.2. The summed E-state index contributed by atoms with van der Waals surface area (Å²) < 4.78 is 11.1. The van der Waals surface area contributed by atoms with Crippen LogP contribution in [0.5, 0.6) is 0 Å².